The second-order valence-electron chi connectivity index (χ2n) is 8.40. The highest BCUT2D eigenvalue weighted by atomic mass is 16.5. The van der Waals surface area contributed by atoms with Gasteiger partial charge in [-0.2, -0.15) is 0 Å². The second-order valence-corrected chi connectivity index (χ2v) is 8.40. The van der Waals surface area contributed by atoms with E-state index in [2.05, 4.69) is 38.8 Å². The fourth-order valence-electron chi connectivity index (χ4n) is 4.18. The van der Waals surface area contributed by atoms with Crippen molar-refractivity contribution in [1.82, 2.24) is 15.0 Å². The van der Waals surface area contributed by atoms with E-state index in [0.717, 1.165) is 53.3 Å². The Morgan fingerprint density at radius 3 is 2.82 bits per heavy atom. The van der Waals surface area contributed by atoms with Gasteiger partial charge < -0.3 is 19.8 Å². The minimum Gasteiger partial charge on any atom is -0.436 e. The third-order valence-corrected chi connectivity index (χ3v) is 6.16. The number of amides is 1. The first-order valence-corrected chi connectivity index (χ1v) is 11.1. The molecule has 1 fully saturated rings. The van der Waals surface area contributed by atoms with Crippen molar-refractivity contribution < 1.29 is 13.9 Å². The second kappa shape index (κ2) is 7.97. The van der Waals surface area contributed by atoms with Gasteiger partial charge in [0.05, 0.1) is 18.8 Å². The zero-order valence-electron chi connectivity index (χ0n) is 18.2. The van der Waals surface area contributed by atoms with Crippen LogP contribution in [0, 0.1) is 5.92 Å². The Morgan fingerprint density at radius 1 is 1.12 bits per heavy atom. The first-order valence-electron chi connectivity index (χ1n) is 11.1. The molecular weight excluding hydrogens is 418 g/mol. The molecule has 2 N–H and O–H groups in total. The van der Waals surface area contributed by atoms with Gasteiger partial charge in [0.1, 0.15) is 17.2 Å². The van der Waals surface area contributed by atoms with E-state index in [4.69, 9.17) is 14.1 Å². The molecule has 0 atom stereocenters. The maximum Gasteiger partial charge on any atom is 0.229 e. The van der Waals surface area contributed by atoms with E-state index in [9.17, 15) is 4.79 Å². The molecule has 33 heavy (non-hydrogen) atoms. The molecule has 0 unspecified atom stereocenters. The van der Waals surface area contributed by atoms with Gasteiger partial charge in [-0.05, 0) is 48.6 Å². The van der Waals surface area contributed by atoms with Crippen molar-refractivity contribution >= 4 is 45.0 Å². The molecule has 0 bridgehead atoms. The van der Waals surface area contributed by atoms with Crippen LogP contribution in [0.3, 0.4) is 0 Å². The number of fused-ring (bicyclic) bond motifs is 2. The van der Waals surface area contributed by atoms with Crippen LogP contribution < -0.4 is 10.6 Å². The van der Waals surface area contributed by atoms with Gasteiger partial charge in [0.25, 0.3) is 0 Å². The van der Waals surface area contributed by atoms with E-state index in [1.807, 2.05) is 19.2 Å². The molecule has 2 aliphatic rings. The number of aromatic nitrogens is 3. The molecule has 1 amide bonds. The predicted molar refractivity (Wildman–Crippen MR) is 127 cm³/mol. The Hall–Kier alpha value is -3.78. The molecule has 0 radical (unpaired) electrons. The maximum atomic E-state index is 12.2. The molecule has 6 rings (SSSR count). The van der Waals surface area contributed by atoms with Gasteiger partial charge in [-0.3, -0.25) is 4.79 Å². The highest BCUT2D eigenvalue weighted by Gasteiger charge is 2.30. The molecule has 1 saturated carbocycles. The number of rotatable bonds is 5. The van der Waals surface area contributed by atoms with Crippen molar-refractivity contribution in [3.8, 4) is 11.5 Å². The Kier molecular flexibility index (Phi) is 4.80. The van der Waals surface area contributed by atoms with Crippen LogP contribution in [-0.2, 0) is 9.53 Å². The normalized spacial score (nSPS) is 16.1. The van der Waals surface area contributed by atoms with Crippen LogP contribution in [0.5, 0.6) is 0 Å². The summed E-state index contributed by atoms with van der Waals surface area (Å²) in [5.41, 5.74) is 4.64. The van der Waals surface area contributed by atoms with E-state index < -0.39 is 0 Å². The number of nitrogens with zero attached hydrogens (tertiary/aromatic N) is 3. The topological polar surface area (TPSA) is 102 Å². The average Bonchev–Trinajstić information content (AvgIpc) is 3.62. The van der Waals surface area contributed by atoms with Crippen LogP contribution in [0.1, 0.15) is 24.8 Å². The van der Waals surface area contributed by atoms with Crippen molar-refractivity contribution in [3.05, 3.63) is 48.3 Å². The molecule has 166 valence electrons. The molecule has 3 aromatic heterocycles. The lowest BCUT2D eigenvalue weighted by Crippen LogP contribution is -2.14. The van der Waals surface area contributed by atoms with Gasteiger partial charge in [-0.25, -0.2) is 15.0 Å². The summed E-state index contributed by atoms with van der Waals surface area (Å²) in [4.78, 5) is 26.0. The lowest BCUT2D eigenvalue weighted by atomic mass is 10.0. The molecular formula is C25H23N5O3. The third kappa shape index (κ3) is 3.72. The van der Waals surface area contributed by atoms with E-state index in [1.165, 1.54) is 5.57 Å². The Morgan fingerprint density at radius 2 is 2.03 bits per heavy atom. The summed E-state index contributed by atoms with van der Waals surface area (Å²) in [7, 11) is 1.82. The SMILES string of the molecule is CNc1ncc(-c2nc3cc(C4=CCOCC4)ccc3o2)c2cc(NC(=O)C3CC3)ncc12. The van der Waals surface area contributed by atoms with E-state index in [0.29, 0.717) is 29.7 Å². The summed E-state index contributed by atoms with van der Waals surface area (Å²) >= 11 is 0. The molecule has 0 spiro atoms. The van der Waals surface area contributed by atoms with Crippen molar-refractivity contribution in [1.29, 1.82) is 0 Å². The number of ether oxygens (including phenoxy) is 1. The number of hydrogen-bond acceptors (Lipinski definition) is 7. The third-order valence-electron chi connectivity index (χ3n) is 6.16. The van der Waals surface area contributed by atoms with Crippen molar-refractivity contribution in [2.75, 3.05) is 30.9 Å². The molecule has 0 saturated heterocycles. The Balaban J connectivity index is 1.43. The summed E-state index contributed by atoms with van der Waals surface area (Å²) in [5, 5.41) is 7.71. The number of nitrogens with one attached hydrogen (secondary N) is 2. The molecule has 8 nitrogen and oxygen atoms in total. The number of carbonyl (C=O) groups is 1. The van der Waals surface area contributed by atoms with E-state index in [-0.39, 0.29) is 11.8 Å². The number of carbonyl (C=O) groups excluding carboxylic acids is 1. The van der Waals surface area contributed by atoms with E-state index in [1.54, 1.807) is 12.4 Å². The highest BCUT2D eigenvalue weighted by molar-refractivity contribution is 6.03. The van der Waals surface area contributed by atoms with Crippen LogP contribution in [0.4, 0.5) is 11.6 Å². The number of hydrogen-bond donors (Lipinski definition) is 2. The number of benzene rings is 1. The lowest BCUT2D eigenvalue weighted by molar-refractivity contribution is -0.117. The molecule has 8 heteroatoms. The predicted octanol–water partition coefficient (Wildman–Crippen LogP) is 4.63. The van der Waals surface area contributed by atoms with Crippen LogP contribution >= 0.6 is 0 Å². The smallest absolute Gasteiger partial charge is 0.229 e. The summed E-state index contributed by atoms with van der Waals surface area (Å²) in [6.45, 7) is 1.37. The lowest BCUT2D eigenvalue weighted by Gasteiger charge is -2.13. The molecule has 1 aromatic carbocycles. The fraction of sp³-hybridized carbons (Fsp3) is 0.280. The van der Waals surface area contributed by atoms with Crippen LogP contribution in [0.15, 0.2) is 47.2 Å². The quantitative estimate of drug-likeness (QED) is 0.465. The van der Waals surface area contributed by atoms with E-state index >= 15 is 0 Å². The minimum absolute atomic E-state index is 0.0168. The molecule has 4 heterocycles. The van der Waals surface area contributed by atoms with Crippen LogP contribution in [-0.4, -0.2) is 41.1 Å². The minimum atomic E-state index is 0.0168. The van der Waals surface area contributed by atoms with Crippen molar-refractivity contribution in [2.45, 2.75) is 19.3 Å². The van der Waals surface area contributed by atoms with Crippen LogP contribution in [0.25, 0.3) is 38.9 Å². The number of oxazole rings is 1. The fourth-order valence-corrected chi connectivity index (χ4v) is 4.18. The maximum absolute atomic E-state index is 12.2. The number of anilines is 2. The summed E-state index contributed by atoms with van der Waals surface area (Å²) in [5.74, 6) is 1.81. The van der Waals surface area contributed by atoms with Gasteiger partial charge in [0.2, 0.25) is 11.8 Å². The standard InChI is InChI=1S/C25H23N5O3/c1-26-23-18-12-27-22(30-24(31)15-2-3-15)11-17(18)19(13-28-23)25-29-20-10-16(4-5-21(20)33-25)14-6-8-32-9-7-14/h4-6,10-13,15H,2-3,7-9H2,1H3,(H,26,28)(H,27,30,31). The zero-order chi connectivity index (χ0) is 22.4. The summed E-state index contributed by atoms with van der Waals surface area (Å²) in [6.07, 6.45) is 8.34. The molecule has 4 aromatic rings. The average molecular weight is 441 g/mol. The first kappa shape index (κ1) is 19.9. The number of pyridine rings is 2. The monoisotopic (exact) mass is 441 g/mol. The zero-order valence-corrected chi connectivity index (χ0v) is 18.2. The largest absolute Gasteiger partial charge is 0.436 e. The Bertz CT molecular complexity index is 1420. The van der Waals surface area contributed by atoms with Gasteiger partial charge in [-0.1, -0.05) is 12.1 Å². The highest BCUT2D eigenvalue weighted by Crippen LogP contribution is 2.35. The van der Waals surface area contributed by atoms with Crippen molar-refractivity contribution in [2.24, 2.45) is 5.92 Å². The van der Waals surface area contributed by atoms with Crippen molar-refractivity contribution in [3.63, 3.8) is 0 Å². The Labute approximate surface area is 190 Å². The van der Waals surface area contributed by atoms with Gasteiger partial charge in [-0.15, -0.1) is 0 Å². The first-order chi connectivity index (χ1) is 16.2. The molecule has 1 aliphatic heterocycles. The van der Waals surface area contributed by atoms with Gasteiger partial charge in [0, 0.05) is 36.1 Å². The van der Waals surface area contributed by atoms with Crippen LogP contribution in [0.2, 0.25) is 0 Å². The summed E-state index contributed by atoms with van der Waals surface area (Å²) < 4.78 is 11.6. The van der Waals surface area contributed by atoms with Gasteiger partial charge in [0.15, 0.2) is 5.58 Å². The van der Waals surface area contributed by atoms with Gasteiger partial charge >= 0.3 is 0 Å². The summed E-state index contributed by atoms with van der Waals surface area (Å²) in [6, 6.07) is 7.93. The molecule has 1 aliphatic carbocycles.